The molecule has 176 valence electrons. The number of ether oxygens (including phenoxy) is 1. The van der Waals surface area contributed by atoms with Gasteiger partial charge in [-0.1, -0.05) is 57.4 Å². The Balaban J connectivity index is 2.10. The van der Waals surface area contributed by atoms with E-state index in [9.17, 15) is 9.59 Å². The van der Waals surface area contributed by atoms with Gasteiger partial charge < -0.3 is 19.2 Å². The molecule has 0 bridgehead atoms. The lowest BCUT2D eigenvalue weighted by Gasteiger charge is -2.37. The van der Waals surface area contributed by atoms with E-state index in [0.717, 1.165) is 63.8 Å². The van der Waals surface area contributed by atoms with Crippen molar-refractivity contribution in [2.45, 2.75) is 90.4 Å². The molecule has 1 N–H and O–H groups in total. The standard InChI is InChI=1S/C24H46N2O3S/c1-24(21-29-22-24)23-30-25-15-14-18-26(16-10-6-2-4-8-12-19-27)17-11-7-3-5-9-13-20-28/h19-20,25H,2-18,21-23H2,1H3. The van der Waals surface area contributed by atoms with Crippen molar-refractivity contribution < 1.29 is 14.3 Å². The molecule has 0 aromatic carbocycles. The number of unbranched alkanes of at least 4 members (excludes halogenated alkanes) is 10. The van der Waals surface area contributed by atoms with Crippen molar-refractivity contribution in [3.05, 3.63) is 0 Å². The molecule has 30 heavy (non-hydrogen) atoms. The zero-order valence-electron chi connectivity index (χ0n) is 19.4. The van der Waals surface area contributed by atoms with Crippen LogP contribution >= 0.6 is 11.9 Å². The minimum absolute atomic E-state index is 0.376. The highest BCUT2D eigenvalue weighted by molar-refractivity contribution is 7.97. The maximum Gasteiger partial charge on any atom is 0.119 e. The van der Waals surface area contributed by atoms with E-state index in [4.69, 9.17) is 4.74 Å². The summed E-state index contributed by atoms with van der Waals surface area (Å²) in [7, 11) is 0. The van der Waals surface area contributed by atoms with Crippen LogP contribution in [0.3, 0.4) is 0 Å². The molecule has 0 aromatic rings. The maximum atomic E-state index is 10.4. The molecule has 0 aromatic heterocycles. The van der Waals surface area contributed by atoms with Crippen molar-refractivity contribution >= 4 is 24.5 Å². The zero-order chi connectivity index (χ0) is 21.8. The number of carbonyl (C=O) groups excluding carboxylic acids is 2. The third-order valence-electron chi connectivity index (χ3n) is 5.77. The van der Waals surface area contributed by atoms with Gasteiger partial charge in [-0.2, -0.15) is 0 Å². The monoisotopic (exact) mass is 442 g/mol. The Bertz CT molecular complexity index is 397. The molecule has 0 atom stereocenters. The molecule has 1 aliphatic rings. The van der Waals surface area contributed by atoms with Gasteiger partial charge in [-0.3, -0.25) is 4.72 Å². The van der Waals surface area contributed by atoms with E-state index in [1.165, 1.54) is 77.4 Å². The first kappa shape index (κ1) is 27.6. The van der Waals surface area contributed by atoms with E-state index in [2.05, 4.69) is 16.5 Å². The summed E-state index contributed by atoms with van der Waals surface area (Å²) in [6.07, 6.45) is 16.7. The molecule has 0 amide bonds. The molecule has 1 heterocycles. The quantitative estimate of drug-likeness (QED) is 0.136. The highest BCUT2D eigenvalue weighted by Gasteiger charge is 2.32. The molecule has 1 rings (SSSR count). The smallest absolute Gasteiger partial charge is 0.119 e. The van der Waals surface area contributed by atoms with Crippen LogP contribution in [0.2, 0.25) is 0 Å². The maximum absolute atomic E-state index is 10.4. The van der Waals surface area contributed by atoms with Crippen LogP contribution in [0.15, 0.2) is 0 Å². The predicted molar refractivity (Wildman–Crippen MR) is 128 cm³/mol. The summed E-state index contributed by atoms with van der Waals surface area (Å²) in [5.74, 6) is 1.13. The third kappa shape index (κ3) is 15.4. The summed E-state index contributed by atoms with van der Waals surface area (Å²) in [4.78, 5) is 23.4. The molecule has 1 fully saturated rings. The number of rotatable bonds is 23. The predicted octanol–water partition coefficient (Wildman–Crippen LogP) is 5.03. The fourth-order valence-electron chi connectivity index (χ4n) is 3.73. The van der Waals surface area contributed by atoms with Crippen molar-refractivity contribution in [2.75, 3.05) is 45.1 Å². The molecule has 6 heteroatoms. The van der Waals surface area contributed by atoms with E-state index >= 15 is 0 Å². The first-order valence-corrected chi connectivity index (χ1v) is 13.2. The first-order valence-electron chi connectivity index (χ1n) is 12.2. The van der Waals surface area contributed by atoms with Crippen LogP contribution in [0.25, 0.3) is 0 Å². The van der Waals surface area contributed by atoms with Crippen molar-refractivity contribution in [2.24, 2.45) is 5.41 Å². The molecular weight excluding hydrogens is 396 g/mol. The first-order chi connectivity index (χ1) is 14.7. The number of nitrogens with one attached hydrogen (secondary N) is 1. The lowest BCUT2D eigenvalue weighted by molar-refractivity contribution is -0.108. The van der Waals surface area contributed by atoms with Gasteiger partial charge in [0.2, 0.25) is 0 Å². The average Bonchev–Trinajstić information content (AvgIpc) is 2.72. The Kier molecular flexibility index (Phi) is 17.7. The second kappa shape index (κ2) is 19.3. The van der Waals surface area contributed by atoms with Crippen molar-refractivity contribution in [3.8, 4) is 0 Å². The van der Waals surface area contributed by atoms with Gasteiger partial charge in [-0.25, -0.2) is 0 Å². The van der Waals surface area contributed by atoms with Crippen molar-refractivity contribution in [1.82, 2.24) is 9.62 Å². The van der Waals surface area contributed by atoms with Crippen LogP contribution in [0.1, 0.15) is 90.4 Å². The van der Waals surface area contributed by atoms with Crippen LogP contribution in [-0.4, -0.2) is 62.6 Å². The highest BCUT2D eigenvalue weighted by atomic mass is 32.2. The Morgan fingerprint density at radius 2 is 1.30 bits per heavy atom. The van der Waals surface area contributed by atoms with E-state index in [1.54, 1.807) is 0 Å². The summed E-state index contributed by atoms with van der Waals surface area (Å²) in [6, 6.07) is 0. The molecule has 1 saturated heterocycles. The summed E-state index contributed by atoms with van der Waals surface area (Å²) < 4.78 is 8.85. The van der Waals surface area contributed by atoms with E-state index < -0.39 is 0 Å². The van der Waals surface area contributed by atoms with E-state index in [1.807, 2.05) is 11.9 Å². The van der Waals surface area contributed by atoms with Gasteiger partial charge >= 0.3 is 0 Å². The van der Waals surface area contributed by atoms with Gasteiger partial charge in [0.1, 0.15) is 12.6 Å². The molecule has 0 unspecified atom stereocenters. The SMILES string of the molecule is CC1(CSNCCCN(CCCCCCCC=O)CCCCCCCC=O)COC1. The molecule has 1 aliphatic heterocycles. The molecule has 5 nitrogen and oxygen atoms in total. The molecule has 0 aliphatic carbocycles. The van der Waals surface area contributed by atoms with Gasteiger partial charge in [-0.15, -0.1) is 0 Å². The fourth-order valence-corrected chi connectivity index (χ4v) is 4.63. The number of hydrogen-bond acceptors (Lipinski definition) is 6. The van der Waals surface area contributed by atoms with Crippen molar-refractivity contribution in [3.63, 3.8) is 0 Å². The van der Waals surface area contributed by atoms with Crippen LogP contribution in [-0.2, 0) is 14.3 Å². The normalized spacial score (nSPS) is 15.3. The second-order valence-corrected chi connectivity index (χ2v) is 9.99. The molecule has 0 spiro atoms. The van der Waals surface area contributed by atoms with Gasteiger partial charge in [-0.05, 0) is 51.7 Å². The van der Waals surface area contributed by atoms with Crippen LogP contribution in [0, 0.1) is 5.41 Å². The number of carbonyl (C=O) groups is 2. The minimum atomic E-state index is 0.376. The van der Waals surface area contributed by atoms with Gasteiger partial charge in [0, 0.05) is 30.6 Å². The number of hydrogen-bond donors (Lipinski definition) is 1. The largest absolute Gasteiger partial charge is 0.380 e. The van der Waals surface area contributed by atoms with E-state index in [-0.39, 0.29) is 0 Å². The van der Waals surface area contributed by atoms with E-state index in [0.29, 0.717) is 5.41 Å². The molecule has 0 radical (unpaired) electrons. The Labute approximate surface area is 189 Å². The van der Waals surface area contributed by atoms with Gasteiger partial charge in [0.25, 0.3) is 0 Å². The minimum Gasteiger partial charge on any atom is -0.380 e. The number of nitrogens with zero attached hydrogens (tertiary/aromatic N) is 1. The molecular formula is C24H46N2O3S. The van der Waals surface area contributed by atoms with Crippen LogP contribution < -0.4 is 4.72 Å². The Morgan fingerprint density at radius 1 is 0.800 bits per heavy atom. The fraction of sp³-hybridized carbons (Fsp3) is 0.917. The van der Waals surface area contributed by atoms with Gasteiger partial charge in [0.05, 0.1) is 13.2 Å². The topological polar surface area (TPSA) is 58.6 Å². The molecule has 0 saturated carbocycles. The lowest BCUT2D eigenvalue weighted by Crippen LogP contribution is -2.42. The third-order valence-corrected chi connectivity index (χ3v) is 7.02. The highest BCUT2D eigenvalue weighted by Crippen LogP contribution is 2.29. The second-order valence-electron chi connectivity index (χ2n) is 9.13. The zero-order valence-corrected chi connectivity index (χ0v) is 20.2. The number of aldehydes is 2. The van der Waals surface area contributed by atoms with Gasteiger partial charge in [0.15, 0.2) is 0 Å². The summed E-state index contributed by atoms with van der Waals surface area (Å²) in [5, 5.41) is 0. The van der Waals surface area contributed by atoms with Crippen molar-refractivity contribution in [1.29, 1.82) is 0 Å². The Morgan fingerprint density at radius 3 is 1.80 bits per heavy atom. The summed E-state index contributed by atoms with van der Waals surface area (Å²) in [5.41, 5.74) is 0.376. The summed E-state index contributed by atoms with van der Waals surface area (Å²) >= 11 is 1.85. The Hall–Kier alpha value is -0.430. The van der Waals surface area contributed by atoms with Crippen LogP contribution in [0.5, 0.6) is 0 Å². The average molecular weight is 443 g/mol. The lowest BCUT2D eigenvalue weighted by atomic mass is 9.92. The van der Waals surface area contributed by atoms with Crippen LogP contribution in [0.4, 0.5) is 0 Å². The summed E-state index contributed by atoms with van der Waals surface area (Å²) in [6.45, 7) is 8.73.